The van der Waals surface area contributed by atoms with Crippen molar-refractivity contribution in [1.29, 1.82) is 0 Å². The van der Waals surface area contributed by atoms with Gasteiger partial charge in [0.15, 0.2) is 0 Å². The minimum Gasteiger partial charge on any atom is -0.481 e. The van der Waals surface area contributed by atoms with Crippen molar-refractivity contribution >= 4 is 11.8 Å². The maximum Gasteiger partial charge on any atom is 0.409 e. The molecule has 32 heavy (non-hydrogen) atoms. The molecule has 1 fully saturated rings. The fraction of sp³-hybridized carbons (Fsp3) is 0.545. The van der Waals surface area contributed by atoms with E-state index in [0.29, 0.717) is 49.2 Å². The standard InChI is InChI=1S/C22H31N5O5/c1-7-15-19(24-16-11-27(22(29)31-6)12-17(16)32-8-2)21(28)26(4)20(25-15)14-9-10-18(30-5)23-13(14)3/h9-10,16-17,24H,7-8,11-12H2,1-6H3/t16?,17-/m0/s1. The smallest absolute Gasteiger partial charge is 0.409 e. The number of nitrogens with zero attached hydrogens (tertiary/aromatic N) is 4. The number of ether oxygens (including phenoxy) is 3. The maximum atomic E-state index is 13.4. The molecule has 1 unspecified atom stereocenters. The van der Waals surface area contributed by atoms with Crippen LogP contribution in [0.3, 0.4) is 0 Å². The highest BCUT2D eigenvalue weighted by atomic mass is 16.5. The summed E-state index contributed by atoms with van der Waals surface area (Å²) in [6, 6.07) is 3.34. The van der Waals surface area contributed by atoms with Gasteiger partial charge in [-0.15, -0.1) is 0 Å². The number of rotatable bonds is 7. The number of aryl methyl sites for hydroxylation is 2. The lowest BCUT2D eigenvalue weighted by Gasteiger charge is -2.22. The van der Waals surface area contributed by atoms with Crippen LogP contribution in [0.4, 0.5) is 10.5 Å². The van der Waals surface area contributed by atoms with Gasteiger partial charge >= 0.3 is 6.09 Å². The molecule has 1 N–H and O–H groups in total. The molecular weight excluding hydrogens is 414 g/mol. The summed E-state index contributed by atoms with van der Waals surface area (Å²) in [6.07, 6.45) is -0.124. The van der Waals surface area contributed by atoms with Crippen LogP contribution in [-0.2, 0) is 22.9 Å². The van der Waals surface area contributed by atoms with E-state index in [0.717, 1.165) is 11.3 Å². The normalized spacial score (nSPS) is 18.0. The minimum absolute atomic E-state index is 0.200. The molecule has 0 spiro atoms. The molecule has 0 saturated carbocycles. The van der Waals surface area contributed by atoms with E-state index < -0.39 is 6.09 Å². The fourth-order valence-corrected chi connectivity index (χ4v) is 3.93. The number of carbonyl (C=O) groups is 1. The largest absolute Gasteiger partial charge is 0.481 e. The summed E-state index contributed by atoms with van der Waals surface area (Å²) in [4.78, 5) is 36.2. The lowest BCUT2D eigenvalue weighted by Crippen LogP contribution is -2.38. The van der Waals surface area contributed by atoms with Crippen LogP contribution >= 0.6 is 0 Å². The van der Waals surface area contributed by atoms with Crippen LogP contribution in [0.1, 0.15) is 25.2 Å². The lowest BCUT2D eigenvalue weighted by atomic mass is 10.1. The van der Waals surface area contributed by atoms with E-state index in [1.165, 1.54) is 11.7 Å². The van der Waals surface area contributed by atoms with Crippen molar-refractivity contribution in [1.82, 2.24) is 19.4 Å². The lowest BCUT2D eigenvalue weighted by molar-refractivity contribution is 0.0614. The van der Waals surface area contributed by atoms with E-state index in [4.69, 9.17) is 19.2 Å². The second kappa shape index (κ2) is 9.99. The number of amides is 1. The Morgan fingerprint density at radius 2 is 1.97 bits per heavy atom. The molecule has 3 heterocycles. The van der Waals surface area contributed by atoms with Crippen LogP contribution in [0.15, 0.2) is 16.9 Å². The molecule has 0 radical (unpaired) electrons. The number of pyridine rings is 1. The van der Waals surface area contributed by atoms with Gasteiger partial charge in [-0.3, -0.25) is 9.36 Å². The summed E-state index contributed by atoms with van der Waals surface area (Å²) in [5.74, 6) is 1.04. The predicted octanol–water partition coefficient (Wildman–Crippen LogP) is 1.99. The van der Waals surface area contributed by atoms with Crippen LogP contribution in [0.5, 0.6) is 5.88 Å². The number of methoxy groups -OCH3 is 2. The quantitative estimate of drug-likeness (QED) is 0.689. The molecule has 1 amide bonds. The average molecular weight is 446 g/mol. The first-order valence-corrected chi connectivity index (χ1v) is 10.7. The monoisotopic (exact) mass is 445 g/mol. The number of hydrogen-bond donors (Lipinski definition) is 1. The molecule has 2 aromatic rings. The molecule has 10 nitrogen and oxygen atoms in total. The zero-order valence-corrected chi connectivity index (χ0v) is 19.5. The third-order valence-corrected chi connectivity index (χ3v) is 5.62. The van der Waals surface area contributed by atoms with Crippen LogP contribution < -0.4 is 15.6 Å². The molecule has 2 atom stereocenters. The molecule has 2 aromatic heterocycles. The summed E-state index contributed by atoms with van der Waals surface area (Å²) >= 11 is 0. The Balaban J connectivity index is 1.98. The number of aromatic nitrogens is 3. The van der Waals surface area contributed by atoms with Gasteiger partial charge in [0.1, 0.15) is 11.5 Å². The van der Waals surface area contributed by atoms with Gasteiger partial charge in [-0.2, -0.15) is 0 Å². The van der Waals surface area contributed by atoms with Crippen molar-refractivity contribution in [3.8, 4) is 17.3 Å². The zero-order valence-electron chi connectivity index (χ0n) is 19.5. The summed E-state index contributed by atoms with van der Waals surface area (Å²) in [7, 11) is 4.60. The first-order chi connectivity index (χ1) is 15.3. The molecule has 0 aliphatic carbocycles. The van der Waals surface area contributed by atoms with Crippen molar-refractivity contribution < 1.29 is 19.0 Å². The van der Waals surface area contributed by atoms with E-state index in [1.54, 1.807) is 25.1 Å². The Labute approximate surface area is 187 Å². The van der Waals surface area contributed by atoms with E-state index >= 15 is 0 Å². The van der Waals surface area contributed by atoms with Crippen molar-refractivity contribution in [3.63, 3.8) is 0 Å². The Morgan fingerprint density at radius 1 is 1.22 bits per heavy atom. The molecule has 1 aliphatic heterocycles. The minimum atomic E-state index is -0.418. The van der Waals surface area contributed by atoms with Gasteiger partial charge in [-0.25, -0.2) is 14.8 Å². The summed E-state index contributed by atoms with van der Waals surface area (Å²) in [5, 5.41) is 3.32. The van der Waals surface area contributed by atoms with Gasteiger partial charge in [0, 0.05) is 31.8 Å². The van der Waals surface area contributed by atoms with Gasteiger partial charge in [-0.05, 0) is 26.3 Å². The number of likely N-dealkylation sites (tertiary alicyclic amines) is 1. The molecule has 0 bridgehead atoms. The summed E-state index contributed by atoms with van der Waals surface area (Å²) in [5.41, 5.74) is 2.34. The van der Waals surface area contributed by atoms with Gasteiger partial charge in [-0.1, -0.05) is 6.92 Å². The van der Waals surface area contributed by atoms with Crippen LogP contribution in [0, 0.1) is 6.92 Å². The van der Waals surface area contributed by atoms with Crippen LogP contribution in [-0.4, -0.2) is 71.6 Å². The Hall–Kier alpha value is -3.14. The molecule has 174 valence electrons. The van der Waals surface area contributed by atoms with Crippen molar-refractivity contribution in [2.75, 3.05) is 39.2 Å². The highest BCUT2D eigenvalue weighted by Gasteiger charge is 2.37. The Morgan fingerprint density at radius 3 is 2.56 bits per heavy atom. The molecule has 1 aliphatic rings. The third kappa shape index (κ3) is 4.55. The predicted molar refractivity (Wildman–Crippen MR) is 120 cm³/mol. The van der Waals surface area contributed by atoms with Crippen molar-refractivity contribution in [3.05, 3.63) is 33.9 Å². The van der Waals surface area contributed by atoms with Crippen molar-refractivity contribution in [2.45, 2.75) is 39.3 Å². The third-order valence-electron chi connectivity index (χ3n) is 5.62. The van der Waals surface area contributed by atoms with E-state index in [2.05, 4.69) is 10.3 Å². The summed E-state index contributed by atoms with van der Waals surface area (Å²) < 4.78 is 17.4. The SMILES string of the molecule is CCO[C@H]1CN(C(=O)OC)CC1Nc1c(CC)nc(-c2ccc(OC)nc2C)n(C)c1=O. The molecular formula is C22H31N5O5. The van der Waals surface area contributed by atoms with Gasteiger partial charge in [0.2, 0.25) is 5.88 Å². The number of hydrogen-bond acceptors (Lipinski definition) is 8. The van der Waals surface area contributed by atoms with Crippen LogP contribution in [0.25, 0.3) is 11.4 Å². The number of carbonyl (C=O) groups excluding carboxylic acids is 1. The Kier molecular flexibility index (Phi) is 7.34. The van der Waals surface area contributed by atoms with E-state index in [9.17, 15) is 9.59 Å². The first kappa shape index (κ1) is 23.5. The van der Waals surface area contributed by atoms with Crippen LogP contribution in [0.2, 0.25) is 0 Å². The summed E-state index contributed by atoms with van der Waals surface area (Å²) in [6.45, 7) is 6.96. The molecule has 1 saturated heterocycles. The maximum absolute atomic E-state index is 13.4. The van der Waals surface area contributed by atoms with Crippen molar-refractivity contribution in [2.24, 2.45) is 7.05 Å². The Bertz CT molecular complexity index is 1040. The van der Waals surface area contributed by atoms with Gasteiger partial charge in [0.25, 0.3) is 5.56 Å². The zero-order chi connectivity index (χ0) is 23.4. The second-order valence-electron chi connectivity index (χ2n) is 7.58. The molecule has 10 heteroatoms. The molecule has 3 rings (SSSR count). The number of anilines is 1. The molecule has 0 aromatic carbocycles. The number of nitrogens with one attached hydrogen (secondary N) is 1. The van der Waals surface area contributed by atoms with Gasteiger partial charge < -0.3 is 24.4 Å². The highest BCUT2D eigenvalue weighted by molar-refractivity contribution is 5.68. The van der Waals surface area contributed by atoms with Gasteiger partial charge in [0.05, 0.1) is 44.3 Å². The fourth-order valence-electron chi connectivity index (χ4n) is 3.93. The second-order valence-corrected chi connectivity index (χ2v) is 7.58. The first-order valence-electron chi connectivity index (χ1n) is 10.7. The average Bonchev–Trinajstić information content (AvgIpc) is 3.19. The van der Waals surface area contributed by atoms with E-state index in [-0.39, 0.29) is 17.7 Å². The topological polar surface area (TPSA) is 108 Å². The highest BCUT2D eigenvalue weighted by Crippen LogP contribution is 2.25. The van der Waals surface area contributed by atoms with E-state index in [1.807, 2.05) is 26.8 Å².